The first kappa shape index (κ1) is 14.0. The molecule has 0 fully saturated rings. The van der Waals surface area contributed by atoms with E-state index in [2.05, 4.69) is 4.98 Å². The smallest absolute Gasteiger partial charge is 0.256 e. The van der Waals surface area contributed by atoms with E-state index in [1.54, 1.807) is 18.2 Å². The molecular weight excluding hydrogens is 307 g/mol. The number of nitrogens with zero attached hydrogens (tertiary/aromatic N) is 1. The molecule has 0 aliphatic heterocycles. The summed E-state index contributed by atoms with van der Waals surface area (Å²) in [5.41, 5.74) is 1.02. The van der Waals surface area contributed by atoms with Gasteiger partial charge in [0.1, 0.15) is 0 Å². The lowest BCUT2D eigenvalue weighted by molar-refractivity contribution is 1.08. The molecule has 0 unspecified atom stereocenters. The van der Waals surface area contributed by atoms with Gasteiger partial charge in [0.15, 0.2) is 0 Å². The highest BCUT2D eigenvalue weighted by Gasteiger charge is 2.12. The fourth-order valence-electron chi connectivity index (χ4n) is 1.67. The van der Waals surface area contributed by atoms with E-state index in [-0.39, 0.29) is 22.0 Å². The van der Waals surface area contributed by atoms with Crippen LogP contribution in [0.15, 0.2) is 29.1 Å². The van der Waals surface area contributed by atoms with E-state index in [1.807, 2.05) is 6.07 Å². The molecule has 6 heteroatoms. The van der Waals surface area contributed by atoms with Gasteiger partial charge in [-0.3, -0.25) is 4.79 Å². The first-order chi connectivity index (χ1) is 9.02. The van der Waals surface area contributed by atoms with Crippen molar-refractivity contribution in [1.29, 1.82) is 5.26 Å². The molecule has 0 aliphatic rings. The summed E-state index contributed by atoms with van der Waals surface area (Å²) in [5, 5.41) is 9.53. The molecule has 2 rings (SSSR count). The monoisotopic (exact) mass is 312 g/mol. The van der Waals surface area contributed by atoms with Gasteiger partial charge in [-0.1, -0.05) is 34.8 Å². The number of halogens is 3. The number of aromatic nitrogens is 1. The minimum absolute atomic E-state index is 0.138. The topological polar surface area (TPSA) is 56.6 Å². The SMILES string of the molecule is N#CCc1ccc(-c2cc(Cl)cc(Cl)c2Cl)c(=O)[nH]1. The molecule has 0 radical (unpaired) electrons. The average Bonchev–Trinajstić information content (AvgIpc) is 2.35. The van der Waals surface area contributed by atoms with Gasteiger partial charge in [0.05, 0.1) is 22.5 Å². The second-order valence-electron chi connectivity index (χ2n) is 3.81. The summed E-state index contributed by atoms with van der Waals surface area (Å²) in [6.45, 7) is 0. The van der Waals surface area contributed by atoms with Gasteiger partial charge in [0.25, 0.3) is 5.56 Å². The Morgan fingerprint density at radius 3 is 2.53 bits per heavy atom. The predicted octanol–water partition coefficient (Wildman–Crippen LogP) is 4.07. The van der Waals surface area contributed by atoms with Crippen molar-refractivity contribution < 1.29 is 0 Å². The first-order valence-corrected chi connectivity index (χ1v) is 6.40. The number of nitriles is 1. The lowest BCUT2D eigenvalue weighted by Gasteiger charge is -2.07. The van der Waals surface area contributed by atoms with Crippen molar-refractivity contribution in [2.75, 3.05) is 0 Å². The fourth-order valence-corrected chi connectivity index (χ4v) is 2.37. The second kappa shape index (κ2) is 5.66. The molecule has 3 nitrogen and oxygen atoms in total. The number of hydrogen-bond donors (Lipinski definition) is 1. The molecule has 1 heterocycles. The van der Waals surface area contributed by atoms with Gasteiger partial charge >= 0.3 is 0 Å². The highest BCUT2D eigenvalue weighted by atomic mass is 35.5. The number of nitrogens with one attached hydrogen (secondary N) is 1. The number of benzene rings is 1. The molecule has 96 valence electrons. The second-order valence-corrected chi connectivity index (χ2v) is 5.03. The molecule has 0 saturated carbocycles. The van der Waals surface area contributed by atoms with Crippen molar-refractivity contribution in [3.05, 3.63) is 55.4 Å². The maximum Gasteiger partial charge on any atom is 0.256 e. The quantitative estimate of drug-likeness (QED) is 0.850. The van der Waals surface area contributed by atoms with E-state index >= 15 is 0 Å². The average molecular weight is 314 g/mol. The molecule has 0 spiro atoms. The summed E-state index contributed by atoms with van der Waals surface area (Å²) in [4.78, 5) is 14.6. The summed E-state index contributed by atoms with van der Waals surface area (Å²) >= 11 is 17.9. The molecule has 1 N–H and O–H groups in total. The summed E-state index contributed by atoms with van der Waals surface area (Å²) in [5.74, 6) is 0. The third kappa shape index (κ3) is 2.93. The zero-order chi connectivity index (χ0) is 14.0. The van der Waals surface area contributed by atoms with Crippen molar-refractivity contribution >= 4 is 34.8 Å². The van der Waals surface area contributed by atoms with Crippen LogP contribution in [-0.4, -0.2) is 4.98 Å². The zero-order valence-corrected chi connectivity index (χ0v) is 11.8. The van der Waals surface area contributed by atoms with Crippen LogP contribution in [0.3, 0.4) is 0 Å². The van der Waals surface area contributed by atoms with Crippen LogP contribution in [-0.2, 0) is 6.42 Å². The fraction of sp³-hybridized carbons (Fsp3) is 0.0769. The van der Waals surface area contributed by atoms with Crippen LogP contribution < -0.4 is 5.56 Å². The van der Waals surface area contributed by atoms with E-state index in [4.69, 9.17) is 40.1 Å². The lowest BCUT2D eigenvalue weighted by Crippen LogP contribution is -2.11. The van der Waals surface area contributed by atoms with E-state index in [0.29, 0.717) is 21.8 Å². The molecule has 2 aromatic rings. The summed E-state index contributed by atoms with van der Waals surface area (Å²) in [7, 11) is 0. The van der Waals surface area contributed by atoms with Crippen molar-refractivity contribution in [2.45, 2.75) is 6.42 Å². The standard InChI is InChI=1S/C13H7Cl3N2O/c14-7-5-10(12(16)11(15)6-7)9-2-1-8(3-4-17)18-13(9)19/h1-2,5-6H,3H2,(H,18,19). The highest BCUT2D eigenvalue weighted by Crippen LogP contribution is 2.35. The normalized spacial score (nSPS) is 10.2. The maximum absolute atomic E-state index is 12.0. The Kier molecular flexibility index (Phi) is 4.16. The van der Waals surface area contributed by atoms with Crippen LogP contribution in [0.5, 0.6) is 0 Å². The minimum Gasteiger partial charge on any atom is -0.325 e. The summed E-state index contributed by atoms with van der Waals surface area (Å²) in [6.07, 6.45) is 0.138. The van der Waals surface area contributed by atoms with Gasteiger partial charge in [0.2, 0.25) is 0 Å². The van der Waals surface area contributed by atoms with Gasteiger partial charge in [0, 0.05) is 21.8 Å². The third-order valence-corrected chi connectivity index (χ3v) is 3.54. The van der Waals surface area contributed by atoms with Crippen molar-refractivity contribution in [3.8, 4) is 17.2 Å². The molecule has 0 atom stereocenters. The third-order valence-electron chi connectivity index (χ3n) is 2.52. The Bertz CT molecular complexity index is 732. The molecule has 0 saturated heterocycles. The lowest BCUT2D eigenvalue weighted by atomic mass is 10.1. The van der Waals surface area contributed by atoms with Crippen LogP contribution >= 0.6 is 34.8 Å². The van der Waals surface area contributed by atoms with E-state index in [0.717, 1.165) is 0 Å². The van der Waals surface area contributed by atoms with Gasteiger partial charge < -0.3 is 4.98 Å². The number of rotatable bonds is 2. The Balaban J connectivity index is 2.61. The molecule has 19 heavy (non-hydrogen) atoms. The van der Waals surface area contributed by atoms with Crippen molar-refractivity contribution in [2.24, 2.45) is 0 Å². The molecule has 0 amide bonds. The van der Waals surface area contributed by atoms with Crippen molar-refractivity contribution in [1.82, 2.24) is 4.98 Å². The largest absolute Gasteiger partial charge is 0.325 e. The van der Waals surface area contributed by atoms with E-state index < -0.39 is 0 Å². The predicted molar refractivity (Wildman–Crippen MR) is 76.8 cm³/mol. The summed E-state index contributed by atoms with van der Waals surface area (Å²) in [6, 6.07) is 8.30. The van der Waals surface area contributed by atoms with Crippen LogP contribution in [0.2, 0.25) is 15.1 Å². The molecule has 0 bridgehead atoms. The van der Waals surface area contributed by atoms with Gasteiger partial charge in [-0.25, -0.2) is 0 Å². The van der Waals surface area contributed by atoms with Crippen LogP contribution in [0, 0.1) is 11.3 Å². The zero-order valence-electron chi connectivity index (χ0n) is 9.51. The van der Waals surface area contributed by atoms with Gasteiger partial charge in [-0.05, 0) is 24.3 Å². The Morgan fingerprint density at radius 2 is 1.89 bits per heavy atom. The van der Waals surface area contributed by atoms with Crippen LogP contribution in [0.25, 0.3) is 11.1 Å². The van der Waals surface area contributed by atoms with Gasteiger partial charge in [-0.2, -0.15) is 5.26 Å². The maximum atomic E-state index is 12.0. The Hall–Kier alpha value is -1.47. The summed E-state index contributed by atoms with van der Waals surface area (Å²) < 4.78 is 0. The van der Waals surface area contributed by atoms with Crippen LogP contribution in [0.4, 0.5) is 0 Å². The van der Waals surface area contributed by atoms with E-state index in [9.17, 15) is 4.79 Å². The highest BCUT2D eigenvalue weighted by molar-refractivity contribution is 6.45. The van der Waals surface area contributed by atoms with Crippen molar-refractivity contribution in [3.63, 3.8) is 0 Å². The molecule has 0 aliphatic carbocycles. The Labute approximate surface area is 124 Å². The number of H-pyrrole nitrogens is 1. The first-order valence-electron chi connectivity index (χ1n) is 5.27. The van der Waals surface area contributed by atoms with Crippen LogP contribution in [0.1, 0.15) is 5.69 Å². The molecule has 1 aromatic heterocycles. The number of hydrogen-bond acceptors (Lipinski definition) is 2. The molecule has 1 aromatic carbocycles. The van der Waals surface area contributed by atoms with E-state index in [1.165, 1.54) is 6.07 Å². The number of pyridine rings is 1. The minimum atomic E-state index is -0.340. The Morgan fingerprint density at radius 1 is 1.16 bits per heavy atom. The van der Waals surface area contributed by atoms with Gasteiger partial charge in [-0.15, -0.1) is 0 Å². The number of aromatic amines is 1. The molecular formula is C13H7Cl3N2O.